The minimum Gasteiger partial charge on any atom is -0.507 e. The second-order valence-corrected chi connectivity index (χ2v) is 4.03. The molecule has 2 aromatic rings. The fraction of sp³-hybridized carbons (Fsp3) is 0. The van der Waals surface area contributed by atoms with Crippen LogP contribution in [0.3, 0.4) is 0 Å². The van der Waals surface area contributed by atoms with Gasteiger partial charge in [-0.05, 0) is 30.4 Å². The first kappa shape index (κ1) is 13.5. The van der Waals surface area contributed by atoms with Gasteiger partial charge >= 0.3 is 0 Å². The van der Waals surface area contributed by atoms with Gasteiger partial charge in [0.15, 0.2) is 5.78 Å². The highest BCUT2D eigenvalue weighted by Gasteiger charge is 2.11. The summed E-state index contributed by atoms with van der Waals surface area (Å²) in [6.07, 6.45) is 2.57. The van der Waals surface area contributed by atoms with Crippen molar-refractivity contribution in [3.05, 3.63) is 75.8 Å². The van der Waals surface area contributed by atoms with Gasteiger partial charge in [0.1, 0.15) is 5.75 Å². The van der Waals surface area contributed by atoms with Crippen molar-refractivity contribution in [2.75, 3.05) is 0 Å². The summed E-state index contributed by atoms with van der Waals surface area (Å²) in [7, 11) is 0. The molecular formula is C15H11NO4. The summed E-state index contributed by atoms with van der Waals surface area (Å²) in [5.74, 6) is -0.536. The van der Waals surface area contributed by atoms with E-state index in [1.54, 1.807) is 30.3 Å². The van der Waals surface area contributed by atoms with Crippen LogP contribution in [0, 0.1) is 10.1 Å². The zero-order valence-corrected chi connectivity index (χ0v) is 10.4. The Balaban J connectivity index is 2.29. The highest BCUT2D eigenvalue weighted by atomic mass is 16.6. The van der Waals surface area contributed by atoms with Crippen molar-refractivity contribution in [1.29, 1.82) is 0 Å². The molecule has 0 aromatic heterocycles. The average Bonchev–Trinajstić information content (AvgIpc) is 2.45. The van der Waals surface area contributed by atoms with Crippen molar-refractivity contribution >= 4 is 17.5 Å². The molecule has 0 aliphatic carbocycles. The summed E-state index contributed by atoms with van der Waals surface area (Å²) in [6.45, 7) is 0. The summed E-state index contributed by atoms with van der Waals surface area (Å²) in [5, 5.41) is 20.4. The number of allylic oxidation sites excluding steroid dienone is 1. The average molecular weight is 269 g/mol. The molecule has 0 fully saturated rings. The van der Waals surface area contributed by atoms with Gasteiger partial charge in [0.25, 0.3) is 5.69 Å². The Bertz CT molecular complexity index is 692. The molecule has 0 amide bonds. The minimum absolute atomic E-state index is 0.0752. The van der Waals surface area contributed by atoms with Gasteiger partial charge in [-0.3, -0.25) is 14.9 Å². The first-order valence-electron chi connectivity index (χ1n) is 5.83. The van der Waals surface area contributed by atoms with Crippen LogP contribution < -0.4 is 0 Å². The van der Waals surface area contributed by atoms with Gasteiger partial charge < -0.3 is 5.11 Å². The molecule has 5 heteroatoms. The molecule has 0 spiro atoms. The molecule has 5 nitrogen and oxygen atoms in total. The number of hydrogen-bond donors (Lipinski definition) is 1. The molecule has 0 unspecified atom stereocenters. The van der Waals surface area contributed by atoms with E-state index in [0.717, 1.165) is 0 Å². The molecule has 0 saturated heterocycles. The number of phenolic OH excluding ortho intramolecular Hbond substituents is 1. The molecule has 0 aliphatic heterocycles. The number of benzene rings is 2. The Morgan fingerprint density at radius 2 is 1.75 bits per heavy atom. The van der Waals surface area contributed by atoms with E-state index >= 15 is 0 Å². The van der Waals surface area contributed by atoms with E-state index in [0.29, 0.717) is 5.56 Å². The Morgan fingerprint density at radius 1 is 1.10 bits per heavy atom. The van der Waals surface area contributed by atoms with E-state index in [-0.39, 0.29) is 17.0 Å². The lowest BCUT2D eigenvalue weighted by Gasteiger charge is -1.99. The maximum Gasteiger partial charge on any atom is 0.276 e. The molecule has 0 bridgehead atoms. The van der Waals surface area contributed by atoms with E-state index in [1.807, 2.05) is 0 Å². The van der Waals surface area contributed by atoms with Crippen LogP contribution in [-0.4, -0.2) is 15.8 Å². The second kappa shape index (κ2) is 5.79. The first-order valence-corrected chi connectivity index (χ1v) is 5.83. The van der Waals surface area contributed by atoms with Crippen LogP contribution in [0.5, 0.6) is 5.75 Å². The zero-order valence-electron chi connectivity index (χ0n) is 10.4. The quantitative estimate of drug-likeness (QED) is 0.400. The topological polar surface area (TPSA) is 80.4 Å². The Hall–Kier alpha value is -2.95. The van der Waals surface area contributed by atoms with E-state index in [1.165, 1.54) is 30.4 Å². The lowest BCUT2D eigenvalue weighted by Crippen LogP contribution is -1.95. The lowest BCUT2D eigenvalue weighted by atomic mass is 10.1. The minimum atomic E-state index is -0.510. The Morgan fingerprint density at radius 3 is 2.45 bits per heavy atom. The number of nitro benzene ring substituents is 1. The maximum absolute atomic E-state index is 11.9. The number of phenols is 1. The predicted molar refractivity (Wildman–Crippen MR) is 74.6 cm³/mol. The Labute approximate surface area is 115 Å². The zero-order chi connectivity index (χ0) is 14.5. The van der Waals surface area contributed by atoms with Gasteiger partial charge in [-0.15, -0.1) is 0 Å². The van der Waals surface area contributed by atoms with E-state index in [4.69, 9.17) is 0 Å². The molecule has 0 atom stereocenters. The largest absolute Gasteiger partial charge is 0.507 e. The predicted octanol–water partition coefficient (Wildman–Crippen LogP) is 3.20. The number of hydrogen-bond acceptors (Lipinski definition) is 4. The monoisotopic (exact) mass is 269 g/mol. The third kappa shape index (κ3) is 2.89. The van der Waals surface area contributed by atoms with Gasteiger partial charge in [0, 0.05) is 6.07 Å². The number of nitro groups is 1. The van der Waals surface area contributed by atoms with Crippen LogP contribution in [0.15, 0.2) is 54.6 Å². The van der Waals surface area contributed by atoms with E-state index in [9.17, 15) is 20.0 Å². The molecule has 0 aliphatic rings. The number of aromatic hydroxyl groups is 1. The molecule has 100 valence electrons. The molecule has 0 radical (unpaired) electrons. The van der Waals surface area contributed by atoms with Crippen molar-refractivity contribution in [2.24, 2.45) is 0 Å². The third-order valence-electron chi connectivity index (χ3n) is 2.72. The number of carbonyl (C=O) groups excluding carboxylic acids is 1. The standard InChI is InChI=1S/C15H11NO4/c17-14-8-4-2-6-12(14)15(18)10-9-11-5-1-3-7-13(11)16(19)20/h1-10,17H. The highest BCUT2D eigenvalue weighted by Crippen LogP contribution is 2.21. The van der Waals surface area contributed by atoms with Crippen LogP contribution >= 0.6 is 0 Å². The van der Waals surface area contributed by atoms with Gasteiger partial charge in [0.05, 0.1) is 16.1 Å². The first-order chi connectivity index (χ1) is 9.59. The molecular weight excluding hydrogens is 258 g/mol. The molecule has 0 saturated carbocycles. The fourth-order valence-electron chi connectivity index (χ4n) is 1.73. The van der Waals surface area contributed by atoms with Crippen LogP contribution in [-0.2, 0) is 0 Å². The number of nitrogens with zero attached hydrogens (tertiary/aromatic N) is 1. The molecule has 20 heavy (non-hydrogen) atoms. The van der Waals surface area contributed by atoms with Crippen LogP contribution in [0.25, 0.3) is 6.08 Å². The fourth-order valence-corrected chi connectivity index (χ4v) is 1.73. The number of para-hydroxylation sites is 2. The number of ketones is 1. The van der Waals surface area contributed by atoms with Crippen LogP contribution in [0.1, 0.15) is 15.9 Å². The van der Waals surface area contributed by atoms with Crippen LogP contribution in [0.2, 0.25) is 0 Å². The van der Waals surface area contributed by atoms with Gasteiger partial charge in [0.2, 0.25) is 0 Å². The third-order valence-corrected chi connectivity index (χ3v) is 2.72. The second-order valence-electron chi connectivity index (χ2n) is 4.03. The Kier molecular flexibility index (Phi) is 3.91. The lowest BCUT2D eigenvalue weighted by molar-refractivity contribution is -0.385. The summed E-state index contributed by atoms with van der Waals surface area (Å²) in [6, 6.07) is 12.3. The molecule has 1 N–H and O–H groups in total. The normalized spacial score (nSPS) is 10.6. The summed E-state index contributed by atoms with van der Waals surface area (Å²) in [4.78, 5) is 22.2. The van der Waals surface area contributed by atoms with Crippen molar-refractivity contribution < 1.29 is 14.8 Å². The van der Waals surface area contributed by atoms with Gasteiger partial charge in [-0.2, -0.15) is 0 Å². The molecule has 2 rings (SSSR count). The van der Waals surface area contributed by atoms with Crippen LogP contribution in [0.4, 0.5) is 5.69 Å². The van der Waals surface area contributed by atoms with Gasteiger partial charge in [-0.1, -0.05) is 24.3 Å². The van der Waals surface area contributed by atoms with Gasteiger partial charge in [-0.25, -0.2) is 0 Å². The highest BCUT2D eigenvalue weighted by molar-refractivity contribution is 6.08. The van der Waals surface area contributed by atoms with Crippen molar-refractivity contribution in [2.45, 2.75) is 0 Å². The number of carbonyl (C=O) groups is 1. The summed E-state index contributed by atoms with van der Waals surface area (Å²) < 4.78 is 0. The van der Waals surface area contributed by atoms with Crippen molar-refractivity contribution in [3.8, 4) is 5.75 Å². The number of rotatable bonds is 4. The molecule has 0 heterocycles. The smallest absolute Gasteiger partial charge is 0.276 e. The molecule has 2 aromatic carbocycles. The van der Waals surface area contributed by atoms with E-state index < -0.39 is 10.7 Å². The maximum atomic E-state index is 11.9. The van der Waals surface area contributed by atoms with E-state index in [2.05, 4.69) is 0 Å². The van der Waals surface area contributed by atoms with Crippen molar-refractivity contribution in [1.82, 2.24) is 0 Å². The van der Waals surface area contributed by atoms with Crippen molar-refractivity contribution in [3.63, 3.8) is 0 Å². The summed E-state index contributed by atoms with van der Waals surface area (Å²) >= 11 is 0. The SMILES string of the molecule is O=C(C=Cc1ccccc1[N+](=O)[O-])c1ccccc1O. The summed E-state index contributed by atoms with van der Waals surface area (Å²) in [5.41, 5.74) is 0.414.